The number of hydrogen-bond acceptors (Lipinski definition) is 7. The van der Waals surface area contributed by atoms with Gasteiger partial charge in [0.2, 0.25) is 5.56 Å². The standard InChI is InChI=1S/C25H27N3O2S.CH4O3S/c29-25-9-7-19-6-8-20(18-22(19)26-25)30-16-2-1-11-27-12-14-28(15-13-27)23-4-3-5-24-21(23)10-17-31-24;1-5(2,3)4/h3-10,17-18H,1-2,11-16H2,(H,26,29);1H3,(H,2,3,4). The second-order valence-corrected chi connectivity index (χ2v) is 11.2. The molecule has 0 spiro atoms. The van der Waals surface area contributed by atoms with Crippen molar-refractivity contribution < 1.29 is 17.7 Å². The quantitative estimate of drug-likeness (QED) is 0.273. The van der Waals surface area contributed by atoms with Crippen molar-refractivity contribution in [3.8, 4) is 5.75 Å². The van der Waals surface area contributed by atoms with Crippen molar-refractivity contribution >= 4 is 48.1 Å². The van der Waals surface area contributed by atoms with E-state index in [-0.39, 0.29) is 5.56 Å². The van der Waals surface area contributed by atoms with E-state index in [0.717, 1.165) is 62.2 Å². The molecule has 0 unspecified atom stereocenters. The first-order chi connectivity index (χ1) is 17.3. The van der Waals surface area contributed by atoms with Crippen LogP contribution in [0.1, 0.15) is 12.8 Å². The maximum absolute atomic E-state index is 11.5. The van der Waals surface area contributed by atoms with Gasteiger partial charge in [-0.25, -0.2) is 0 Å². The molecule has 192 valence electrons. The Hall–Kier alpha value is -2.92. The fraction of sp³-hybridized carbons (Fsp3) is 0.346. The Morgan fingerprint density at radius 3 is 2.56 bits per heavy atom. The van der Waals surface area contributed by atoms with Crippen LogP contribution in [0.25, 0.3) is 21.0 Å². The van der Waals surface area contributed by atoms with Crippen LogP contribution in [-0.2, 0) is 10.1 Å². The lowest BCUT2D eigenvalue weighted by Gasteiger charge is -2.36. The van der Waals surface area contributed by atoms with Gasteiger partial charge in [0.25, 0.3) is 10.1 Å². The average Bonchev–Trinajstić information content (AvgIpc) is 3.32. The van der Waals surface area contributed by atoms with Crippen LogP contribution in [0.15, 0.2) is 64.8 Å². The fourth-order valence-corrected chi connectivity index (χ4v) is 5.12. The van der Waals surface area contributed by atoms with Crippen LogP contribution in [0, 0.1) is 0 Å². The number of piperazine rings is 1. The van der Waals surface area contributed by atoms with E-state index in [1.807, 2.05) is 35.6 Å². The number of ether oxygens (including phenoxy) is 1. The van der Waals surface area contributed by atoms with Gasteiger partial charge in [0.1, 0.15) is 5.75 Å². The number of benzene rings is 2. The number of anilines is 1. The molecular formula is C26H31N3O5S2. The Balaban J connectivity index is 0.000000556. The van der Waals surface area contributed by atoms with Crippen molar-refractivity contribution in [3.05, 3.63) is 70.3 Å². The summed E-state index contributed by atoms with van der Waals surface area (Å²) in [6.07, 6.45) is 2.87. The van der Waals surface area contributed by atoms with E-state index in [4.69, 9.17) is 9.29 Å². The maximum Gasteiger partial charge on any atom is 0.261 e. The van der Waals surface area contributed by atoms with E-state index in [1.165, 1.54) is 15.8 Å². The third kappa shape index (κ3) is 7.54. The first kappa shape index (κ1) is 26.2. The highest BCUT2D eigenvalue weighted by atomic mass is 32.2. The Bertz CT molecular complexity index is 1450. The molecule has 1 aliphatic rings. The minimum atomic E-state index is -3.67. The number of hydrogen-bond donors (Lipinski definition) is 2. The van der Waals surface area contributed by atoms with Crippen LogP contribution in [0.3, 0.4) is 0 Å². The number of aromatic amines is 1. The predicted molar refractivity (Wildman–Crippen MR) is 147 cm³/mol. The van der Waals surface area contributed by atoms with Crippen LogP contribution in [0.2, 0.25) is 0 Å². The zero-order chi connectivity index (χ0) is 25.5. The van der Waals surface area contributed by atoms with Gasteiger partial charge in [-0.3, -0.25) is 14.2 Å². The lowest BCUT2D eigenvalue weighted by Crippen LogP contribution is -2.46. The monoisotopic (exact) mass is 529 g/mol. The minimum Gasteiger partial charge on any atom is -0.494 e. The molecule has 1 saturated heterocycles. The molecule has 1 fully saturated rings. The first-order valence-corrected chi connectivity index (χ1v) is 14.6. The summed E-state index contributed by atoms with van der Waals surface area (Å²) < 4.78 is 33.1. The highest BCUT2D eigenvalue weighted by Crippen LogP contribution is 2.31. The zero-order valence-corrected chi connectivity index (χ0v) is 21.9. The van der Waals surface area contributed by atoms with Crippen LogP contribution < -0.4 is 15.2 Å². The second-order valence-electron chi connectivity index (χ2n) is 8.80. The summed E-state index contributed by atoms with van der Waals surface area (Å²) in [5.41, 5.74) is 2.11. The van der Waals surface area contributed by atoms with Crippen molar-refractivity contribution in [2.45, 2.75) is 12.8 Å². The van der Waals surface area contributed by atoms with E-state index in [0.29, 0.717) is 12.9 Å². The van der Waals surface area contributed by atoms with Gasteiger partial charge in [0.05, 0.1) is 18.4 Å². The SMILES string of the molecule is CS(=O)(=O)O.O=c1ccc2ccc(OCCCCN3CCN(c4cccc5sccc45)CC3)cc2[nH]1. The van der Waals surface area contributed by atoms with Gasteiger partial charge in [-0.1, -0.05) is 6.07 Å². The fourth-order valence-electron chi connectivity index (χ4n) is 4.31. The van der Waals surface area contributed by atoms with Crippen LogP contribution in [0.5, 0.6) is 5.75 Å². The molecule has 0 amide bonds. The van der Waals surface area contributed by atoms with Crippen molar-refractivity contribution in [2.75, 3.05) is 50.5 Å². The van der Waals surface area contributed by atoms with Crippen molar-refractivity contribution in [3.63, 3.8) is 0 Å². The number of rotatable bonds is 7. The number of pyridine rings is 1. The van der Waals surface area contributed by atoms with Gasteiger partial charge >= 0.3 is 0 Å². The van der Waals surface area contributed by atoms with Crippen LogP contribution in [0.4, 0.5) is 5.69 Å². The number of aromatic nitrogens is 1. The zero-order valence-electron chi connectivity index (χ0n) is 20.2. The molecule has 8 nitrogen and oxygen atoms in total. The molecule has 4 aromatic rings. The molecular weight excluding hydrogens is 498 g/mol. The summed E-state index contributed by atoms with van der Waals surface area (Å²) in [7, 11) is -3.67. The molecule has 3 heterocycles. The van der Waals surface area contributed by atoms with E-state index in [9.17, 15) is 13.2 Å². The molecule has 0 radical (unpaired) electrons. The predicted octanol–water partition coefficient (Wildman–Crippen LogP) is 4.23. The lowest BCUT2D eigenvalue weighted by atomic mass is 10.2. The number of H-pyrrole nitrogens is 1. The van der Waals surface area contributed by atoms with Gasteiger partial charge in [-0.2, -0.15) is 8.42 Å². The molecule has 5 rings (SSSR count). The molecule has 36 heavy (non-hydrogen) atoms. The lowest BCUT2D eigenvalue weighted by molar-refractivity contribution is 0.239. The molecule has 0 atom stereocenters. The van der Waals surface area contributed by atoms with Crippen molar-refractivity contribution in [1.82, 2.24) is 9.88 Å². The van der Waals surface area contributed by atoms with E-state index in [2.05, 4.69) is 44.4 Å². The van der Waals surface area contributed by atoms with Gasteiger partial charge in [0, 0.05) is 54.1 Å². The molecule has 0 bridgehead atoms. The molecule has 2 aromatic carbocycles. The molecule has 10 heteroatoms. The Kier molecular flexibility index (Phi) is 8.63. The Morgan fingerprint density at radius 1 is 1.03 bits per heavy atom. The number of nitrogens with one attached hydrogen (secondary N) is 1. The third-order valence-electron chi connectivity index (χ3n) is 6.02. The summed E-state index contributed by atoms with van der Waals surface area (Å²) in [5.74, 6) is 0.811. The summed E-state index contributed by atoms with van der Waals surface area (Å²) in [5, 5.41) is 4.58. The highest BCUT2D eigenvalue weighted by molar-refractivity contribution is 7.85. The summed E-state index contributed by atoms with van der Waals surface area (Å²) >= 11 is 1.82. The molecule has 0 saturated carbocycles. The summed E-state index contributed by atoms with van der Waals surface area (Å²) in [4.78, 5) is 19.4. The third-order valence-corrected chi connectivity index (χ3v) is 6.90. The topological polar surface area (TPSA) is 103 Å². The van der Waals surface area contributed by atoms with Crippen LogP contribution >= 0.6 is 11.3 Å². The molecule has 2 N–H and O–H groups in total. The summed E-state index contributed by atoms with van der Waals surface area (Å²) in [6.45, 7) is 6.20. The van der Waals surface area contributed by atoms with E-state index >= 15 is 0 Å². The Morgan fingerprint density at radius 2 is 1.78 bits per heavy atom. The maximum atomic E-state index is 11.5. The van der Waals surface area contributed by atoms with Crippen LogP contribution in [-0.4, -0.2) is 68.4 Å². The van der Waals surface area contributed by atoms with Gasteiger partial charge in [0.15, 0.2) is 0 Å². The molecule has 2 aromatic heterocycles. The van der Waals surface area contributed by atoms with E-state index in [1.54, 1.807) is 6.07 Å². The summed E-state index contributed by atoms with van der Waals surface area (Å²) in [6, 6.07) is 18.1. The number of nitrogens with zero attached hydrogens (tertiary/aromatic N) is 2. The Labute approximate surface area is 214 Å². The van der Waals surface area contributed by atoms with Crippen molar-refractivity contribution in [1.29, 1.82) is 0 Å². The first-order valence-electron chi connectivity index (χ1n) is 11.9. The largest absolute Gasteiger partial charge is 0.494 e. The average molecular weight is 530 g/mol. The van der Waals surface area contributed by atoms with Gasteiger partial charge in [-0.05, 0) is 66.6 Å². The van der Waals surface area contributed by atoms with E-state index < -0.39 is 10.1 Å². The number of unbranched alkanes of at least 4 members (excludes halogenated alkanes) is 1. The normalized spacial score (nSPS) is 14.6. The minimum absolute atomic E-state index is 0.0863. The van der Waals surface area contributed by atoms with Crippen molar-refractivity contribution in [2.24, 2.45) is 0 Å². The number of thiophene rings is 1. The smallest absolute Gasteiger partial charge is 0.261 e. The highest BCUT2D eigenvalue weighted by Gasteiger charge is 2.18. The second kappa shape index (κ2) is 11.9. The molecule has 0 aliphatic carbocycles. The molecule has 1 aliphatic heterocycles. The number of fused-ring (bicyclic) bond motifs is 2. The van der Waals surface area contributed by atoms with Gasteiger partial charge in [-0.15, -0.1) is 11.3 Å². The van der Waals surface area contributed by atoms with Gasteiger partial charge < -0.3 is 14.6 Å².